The number of benzene rings is 1. The summed E-state index contributed by atoms with van der Waals surface area (Å²) in [7, 11) is 0. The lowest BCUT2D eigenvalue weighted by atomic mass is 10.3. The zero-order valence-electron chi connectivity index (χ0n) is 17.4. The zero-order chi connectivity index (χ0) is 20.9. The maximum atomic E-state index is 12.5. The van der Waals surface area contributed by atoms with Gasteiger partial charge in [-0.25, -0.2) is 4.98 Å². The average molecular weight is 432 g/mol. The van der Waals surface area contributed by atoms with Gasteiger partial charge in [-0.2, -0.15) is 0 Å². The fraction of sp³-hybridized carbons (Fsp3) is 0.571. The average Bonchev–Trinajstić information content (AvgIpc) is 3.39. The van der Waals surface area contributed by atoms with Crippen molar-refractivity contribution >= 4 is 38.5 Å². The first-order chi connectivity index (χ1) is 14.6. The number of likely N-dealkylation sites (tertiary alicyclic amines) is 1. The van der Waals surface area contributed by atoms with Gasteiger partial charge in [0.2, 0.25) is 11.8 Å². The van der Waals surface area contributed by atoms with Crippen LogP contribution in [-0.2, 0) is 9.59 Å². The van der Waals surface area contributed by atoms with Crippen molar-refractivity contribution in [3.8, 4) is 5.75 Å². The van der Waals surface area contributed by atoms with Crippen molar-refractivity contribution in [1.82, 2.24) is 19.7 Å². The molecule has 2 aliphatic heterocycles. The van der Waals surface area contributed by atoms with Gasteiger partial charge in [-0.15, -0.1) is 0 Å². The number of nitrogens with one attached hydrogen (secondary N) is 1. The lowest BCUT2D eigenvalue weighted by molar-refractivity contribution is -0.132. The number of hydrogen-bond donors (Lipinski definition) is 1. The summed E-state index contributed by atoms with van der Waals surface area (Å²) < 4.78 is 6.52. The van der Waals surface area contributed by atoms with E-state index in [9.17, 15) is 9.59 Å². The van der Waals surface area contributed by atoms with Crippen molar-refractivity contribution in [3.63, 3.8) is 0 Å². The monoisotopic (exact) mass is 431 g/mol. The number of carbonyl (C=O) groups excluding carboxylic acids is 2. The SMILES string of the molecule is CCOc1ccc2nc(NC(=O)CN3CCN(CC(=O)N4CCCC4)CC3)sc2c1. The summed E-state index contributed by atoms with van der Waals surface area (Å²) in [6.45, 7) is 8.42. The van der Waals surface area contributed by atoms with Gasteiger partial charge in [-0.05, 0) is 38.0 Å². The molecule has 0 radical (unpaired) electrons. The fourth-order valence-corrected chi connectivity index (χ4v) is 4.85. The van der Waals surface area contributed by atoms with Crippen molar-refractivity contribution < 1.29 is 14.3 Å². The van der Waals surface area contributed by atoms with Crippen LogP contribution in [0.25, 0.3) is 10.2 Å². The van der Waals surface area contributed by atoms with Gasteiger partial charge in [0.25, 0.3) is 0 Å². The summed E-state index contributed by atoms with van der Waals surface area (Å²) in [5, 5.41) is 3.53. The Morgan fingerprint density at radius 2 is 1.77 bits per heavy atom. The molecule has 30 heavy (non-hydrogen) atoms. The molecule has 2 aromatic rings. The van der Waals surface area contributed by atoms with Gasteiger partial charge >= 0.3 is 0 Å². The largest absolute Gasteiger partial charge is 0.494 e. The van der Waals surface area contributed by atoms with E-state index < -0.39 is 0 Å². The second kappa shape index (κ2) is 9.72. The third kappa shape index (κ3) is 5.27. The standard InChI is InChI=1S/C21H29N5O3S/c1-2-29-16-5-6-17-18(13-16)30-21(22-17)23-19(27)14-24-9-11-25(12-10-24)15-20(28)26-7-3-4-8-26/h5-6,13H,2-4,7-12,14-15H2,1H3,(H,22,23,27). The summed E-state index contributed by atoms with van der Waals surface area (Å²) in [6, 6.07) is 5.76. The first kappa shape index (κ1) is 21.0. The molecule has 2 fully saturated rings. The fourth-order valence-electron chi connectivity index (χ4n) is 3.94. The lowest BCUT2D eigenvalue weighted by Crippen LogP contribution is -2.51. The highest BCUT2D eigenvalue weighted by Crippen LogP contribution is 2.29. The normalized spacial score (nSPS) is 18.1. The summed E-state index contributed by atoms with van der Waals surface area (Å²) in [4.78, 5) is 35.6. The van der Waals surface area contributed by atoms with Gasteiger partial charge in [0.15, 0.2) is 5.13 Å². The number of thiazole rings is 1. The summed E-state index contributed by atoms with van der Waals surface area (Å²) in [5.74, 6) is 0.996. The topological polar surface area (TPSA) is 78.0 Å². The molecule has 1 aromatic carbocycles. The Balaban J connectivity index is 1.23. The summed E-state index contributed by atoms with van der Waals surface area (Å²) >= 11 is 1.45. The minimum absolute atomic E-state index is 0.0549. The minimum Gasteiger partial charge on any atom is -0.494 e. The maximum Gasteiger partial charge on any atom is 0.240 e. The molecule has 162 valence electrons. The van der Waals surface area contributed by atoms with E-state index in [1.165, 1.54) is 11.3 Å². The number of amides is 2. The van der Waals surface area contributed by atoms with E-state index in [4.69, 9.17) is 4.74 Å². The van der Waals surface area contributed by atoms with Crippen LogP contribution in [0.1, 0.15) is 19.8 Å². The minimum atomic E-state index is -0.0549. The smallest absolute Gasteiger partial charge is 0.240 e. The number of rotatable bonds is 7. The van der Waals surface area contributed by atoms with Crippen molar-refractivity contribution in [1.29, 1.82) is 0 Å². The van der Waals surface area contributed by atoms with Crippen LogP contribution < -0.4 is 10.1 Å². The molecular weight excluding hydrogens is 402 g/mol. The van der Waals surface area contributed by atoms with E-state index in [0.29, 0.717) is 24.8 Å². The van der Waals surface area contributed by atoms with Crippen LogP contribution in [0, 0.1) is 0 Å². The molecule has 0 bridgehead atoms. The number of ether oxygens (including phenoxy) is 1. The Kier molecular flexibility index (Phi) is 6.81. The first-order valence-electron chi connectivity index (χ1n) is 10.7. The second-order valence-corrected chi connectivity index (χ2v) is 8.80. The molecule has 1 aromatic heterocycles. The third-order valence-corrected chi connectivity index (χ3v) is 6.50. The molecule has 2 amide bonds. The molecule has 1 N–H and O–H groups in total. The Morgan fingerprint density at radius 3 is 2.47 bits per heavy atom. The zero-order valence-corrected chi connectivity index (χ0v) is 18.2. The molecule has 0 unspecified atom stereocenters. The van der Waals surface area contributed by atoms with E-state index >= 15 is 0 Å². The number of aromatic nitrogens is 1. The molecule has 2 saturated heterocycles. The number of anilines is 1. The van der Waals surface area contributed by atoms with Crippen LogP contribution in [0.2, 0.25) is 0 Å². The molecule has 0 saturated carbocycles. The Labute approximate surface area is 180 Å². The van der Waals surface area contributed by atoms with Gasteiger partial charge in [0.1, 0.15) is 5.75 Å². The van der Waals surface area contributed by atoms with Crippen LogP contribution >= 0.6 is 11.3 Å². The maximum absolute atomic E-state index is 12.5. The van der Waals surface area contributed by atoms with Gasteiger partial charge in [0, 0.05) is 39.3 Å². The van der Waals surface area contributed by atoms with Gasteiger partial charge in [0.05, 0.1) is 29.9 Å². The number of piperazine rings is 1. The van der Waals surface area contributed by atoms with E-state index in [0.717, 1.165) is 68.1 Å². The van der Waals surface area contributed by atoms with Crippen molar-refractivity contribution in [2.24, 2.45) is 0 Å². The quantitative estimate of drug-likeness (QED) is 0.721. The Bertz CT molecular complexity index is 888. The molecule has 4 rings (SSSR count). The number of nitrogens with zero attached hydrogens (tertiary/aromatic N) is 4. The van der Waals surface area contributed by atoms with Crippen LogP contribution in [0.4, 0.5) is 5.13 Å². The van der Waals surface area contributed by atoms with E-state index in [-0.39, 0.29) is 11.8 Å². The van der Waals surface area contributed by atoms with Gasteiger partial charge in [-0.1, -0.05) is 11.3 Å². The Hall–Kier alpha value is -2.23. The van der Waals surface area contributed by atoms with Gasteiger partial charge < -0.3 is 15.0 Å². The summed E-state index contributed by atoms with van der Waals surface area (Å²) in [5.41, 5.74) is 0.857. The molecule has 8 nitrogen and oxygen atoms in total. The van der Waals surface area contributed by atoms with Crippen LogP contribution in [-0.4, -0.2) is 90.5 Å². The highest BCUT2D eigenvalue weighted by atomic mass is 32.1. The third-order valence-electron chi connectivity index (χ3n) is 5.57. The lowest BCUT2D eigenvalue weighted by Gasteiger charge is -2.34. The predicted octanol–water partition coefficient (Wildman–Crippen LogP) is 1.87. The molecule has 0 atom stereocenters. The number of fused-ring (bicyclic) bond motifs is 1. The van der Waals surface area contributed by atoms with E-state index in [1.54, 1.807) is 0 Å². The molecule has 2 aliphatic rings. The van der Waals surface area contributed by atoms with Crippen molar-refractivity contribution in [2.75, 3.05) is 64.3 Å². The highest BCUT2D eigenvalue weighted by molar-refractivity contribution is 7.22. The first-order valence-corrected chi connectivity index (χ1v) is 11.5. The Morgan fingerprint density at radius 1 is 1.07 bits per heavy atom. The van der Waals surface area contributed by atoms with Crippen molar-refractivity contribution in [3.05, 3.63) is 18.2 Å². The molecule has 3 heterocycles. The van der Waals surface area contributed by atoms with E-state index in [2.05, 4.69) is 20.1 Å². The van der Waals surface area contributed by atoms with Crippen molar-refractivity contribution in [2.45, 2.75) is 19.8 Å². The van der Waals surface area contributed by atoms with Gasteiger partial charge in [-0.3, -0.25) is 19.4 Å². The predicted molar refractivity (Wildman–Crippen MR) is 118 cm³/mol. The molecule has 9 heteroatoms. The van der Waals surface area contributed by atoms with Crippen LogP contribution in [0.15, 0.2) is 18.2 Å². The summed E-state index contributed by atoms with van der Waals surface area (Å²) in [6.07, 6.45) is 2.24. The molecule has 0 spiro atoms. The molecular formula is C21H29N5O3S. The number of carbonyl (C=O) groups is 2. The highest BCUT2D eigenvalue weighted by Gasteiger charge is 2.24. The molecule has 0 aliphatic carbocycles. The van der Waals surface area contributed by atoms with E-state index in [1.807, 2.05) is 30.0 Å². The van der Waals surface area contributed by atoms with Crippen LogP contribution in [0.5, 0.6) is 5.75 Å². The van der Waals surface area contributed by atoms with Crippen LogP contribution in [0.3, 0.4) is 0 Å². The number of hydrogen-bond acceptors (Lipinski definition) is 7. The second-order valence-electron chi connectivity index (χ2n) is 7.77.